The zero-order valence-corrected chi connectivity index (χ0v) is 11.9. The van der Waals surface area contributed by atoms with Crippen LogP contribution in [0.3, 0.4) is 0 Å². The van der Waals surface area contributed by atoms with Gasteiger partial charge in [0.25, 0.3) is 0 Å². The fourth-order valence-electron chi connectivity index (χ4n) is 3.77. The molecule has 1 aliphatic carbocycles. The molecule has 4 atom stereocenters. The lowest BCUT2D eigenvalue weighted by Gasteiger charge is -2.42. The molecule has 20 heavy (non-hydrogen) atoms. The molecular weight excluding hydrogens is 248 g/mol. The Hall–Kier alpha value is -1.38. The van der Waals surface area contributed by atoms with E-state index in [0.717, 1.165) is 12.8 Å². The number of hydrogen-bond acceptors (Lipinski definition) is 2. The van der Waals surface area contributed by atoms with Gasteiger partial charge in [0.2, 0.25) is 0 Å². The molecule has 2 heterocycles. The minimum absolute atomic E-state index is 0.122. The number of rotatable bonds is 3. The Morgan fingerprint density at radius 3 is 2.55 bits per heavy atom. The number of hydrogen-bond donors (Lipinski definition) is 0. The van der Waals surface area contributed by atoms with Crippen LogP contribution in [-0.2, 0) is 9.47 Å². The van der Waals surface area contributed by atoms with Crippen molar-refractivity contribution in [1.82, 2.24) is 0 Å². The molecule has 0 radical (unpaired) electrons. The van der Waals surface area contributed by atoms with Crippen molar-refractivity contribution >= 4 is 0 Å². The van der Waals surface area contributed by atoms with Crippen LogP contribution in [0.25, 0.3) is 0 Å². The quantitative estimate of drug-likeness (QED) is 0.730. The lowest BCUT2D eigenvalue weighted by molar-refractivity contribution is -0.146. The molecule has 106 valence electrons. The van der Waals surface area contributed by atoms with Crippen LogP contribution >= 0.6 is 0 Å². The lowest BCUT2D eigenvalue weighted by Crippen LogP contribution is -2.50. The summed E-state index contributed by atoms with van der Waals surface area (Å²) >= 11 is 0. The largest absolute Gasteiger partial charge is 0.370 e. The Kier molecular flexibility index (Phi) is 3.53. The zero-order chi connectivity index (χ0) is 14.2. The van der Waals surface area contributed by atoms with Gasteiger partial charge in [-0.25, -0.2) is 0 Å². The molecule has 0 bridgehead atoms. The second-order valence-electron chi connectivity index (χ2n) is 5.85. The van der Waals surface area contributed by atoms with Gasteiger partial charge in [-0.3, -0.25) is 0 Å². The third-order valence-corrected chi connectivity index (χ3v) is 4.88. The first kappa shape index (κ1) is 13.6. The van der Waals surface area contributed by atoms with Gasteiger partial charge in [0.05, 0.1) is 19.3 Å². The van der Waals surface area contributed by atoms with Crippen LogP contribution in [0.4, 0.5) is 0 Å². The standard InChI is InChI=1S/C18H22O2/c1-4-13-7-8-18(20-12-13)16(6-3)10-15-9-14(5-2)11-19-17(15)18/h4-7,9,15-17H,1-3,8,10-12H2/t15-,16+,17-,18+/m0/s1. The Morgan fingerprint density at radius 1 is 1.15 bits per heavy atom. The van der Waals surface area contributed by atoms with E-state index in [-0.39, 0.29) is 11.7 Å². The summed E-state index contributed by atoms with van der Waals surface area (Å²) in [6.07, 6.45) is 12.4. The van der Waals surface area contributed by atoms with Gasteiger partial charge in [0, 0.05) is 11.8 Å². The van der Waals surface area contributed by atoms with Gasteiger partial charge in [0.15, 0.2) is 0 Å². The summed E-state index contributed by atoms with van der Waals surface area (Å²) in [5, 5.41) is 0. The SMILES string of the molecule is C=CC1=C[C@H]2C[C@@H](C=C)[C@]3(CC=C(C=C)CO3)[C@H]2OC1. The summed E-state index contributed by atoms with van der Waals surface area (Å²) in [5.74, 6) is 0.735. The summed E-state index contributed by atoms with van der Waals surface area (Å²) < 4.78 is 12.4. The van der Waals surface area contributed by atoms with E-state index in [0.29, 0.717) is 25.0 Å². The first-order valence-corrected chi connectivity index (χ1v) is 7.26. The van der Waals surface area contributed by atoms with E-state index in [2.05, 4.69) is 31.9 Å². The predicted octanol–water partition coefficient (Wildman–Crippen LogP) is 3.59. The lowest BCUT2D eigenvalue weighted by atomic mass is 9.82. The Morgan fingerprint density at radius 2 is 1.95 bits per heavy atom. The van der Waals surface area contributed by atoms with Crippen LogP contribution in [-0.4, -0.2) is 24.9 Å². The molecule has 0 aromatic heterocycles. The fraction of sp³-hybridized carbons (Fsp3) is 0.444. The van der Waals surface area contributed by atoms with Gasteiger partial charge in [-0.05, 0) is 24.0 Å². The van der Waals surface area contributed by atoms with Crippen molar-refractivity contribution in [2.75, 3.05) is 13.2 Å². The maximum atomic E-state index is 6.28. The summed E-state index contributed by atoms with van der Waals surface area (Å²) in [5.41, 5.74) is 2.10. The third-order valence-electron chi connectivity index (χ3n) is 4.88. The van der Waals surface area contributed by atoms with Crippen molar-refractivity contribution in [2.24, 2.45) is 11.8 Å². The van der Waals surface area contributed by atoms with Crippen molar-refractivity contribution in [1.29, 1.82) is 0 Å². The van der Waals surface area contributed by atoms with Crippen LogP contribution in [0.15, 0.2) is 61.3 Å². The number of ether oxygens (including phenoxy) is 2. The molecule has 0 saturated heterocycles. The van der Waals surface area contributed by atoms with Crippen LogP contribution in [0.2, 0.25) is 0 Å². The molecule has 3 aliphatic rings. The van der Waals surface area contributed by atoms with Crippen LogP contribution in [0.5, 0.6) is 0 Å². The summed E-state index contributed by atoms with van der Waals surface area (Å²) in [4.78, 5) is 0. The average Bonchev–Trinajstić information content (AvgIpc) is 2.81. The highest BCUT2D eigenvalue weighted by Gasteiger charge is 2.56. The van der Waals surface area contributed by atoms with E-state index >= 15 is 0 Å². The zero-order valence-electron chi connectivity index (χ0n) is 11.9. The fourth-order valence-corrected chi connectivity index (χ4v) is 3.77. The smallest absolute Gasteiger partial charge is 0.105 e. The van der Waals surface area contributed by atoms with E-state index < -0.39 is 0 Å². The molecule has 0 unspecified atom stereocenters. The minimum Gasteiger partial charge on any atom is -0.370 e. The van der Waals surface area contributed by atoms with Gasteiger partial charge >= 0.3 is 0 Å². The molecule has 1 fully saturated rings. The highest BCUT2D eigenvalue weighted by Crippen LogP contribution is 2.51. The molecule has 0 N–H and O–H groups in total. The Balaban J connectivity index is 1.92. The molecule has 2 heteroatoms. The van der Waals surface area contributed by atoms with Gasteiger partial charge in [0.1, 0.15) is 5.60 Å². The average molecular weight is 270 g/mol. The van der Waals surface area contributed by atoms with Crippen molar-refractivity contribution in [3.8, 4) is 0 Å². The molecule has 2 nitrogen and oxygen atoms in total. The van der Waals surface area contributed by atoms with Crippen molar-refractivity contribution in [3.05, 3.63) is 61.3 Å². The first-order valence-electron chi connectivity index (χ1n) is 7.26. The molecule has 0 aromatic rings. The third kappa shape index (κ3) is 1.95. The predicted molar refractivity (Wildman–Crippen MR) is 81.4 cm³/mol. The second kappa shape index (κ2) is 5.19. The molecule has 0 amide bonds. The summed E-state index contributed by atoms with van der Waals surface area (Å²) in [6, 6.07) is 0. The van der Waals surface area contributed by atoms with Gasteiger partial charge in [-0.15, -0.1) is 6.58 Å². The monoisotopic (exact) mass is 270 g/mol. The van der Waals surface area contributed by atoms with Crippen molar-refractivity contribution in [3.63, 3.8) is 0 Å². The summed E-state index contributed by atoms with van der Waals surface area (Å²) in [6.45, 7) is 12.9. The van der Waals surface area contributed by atoms with E-state index in [4.69, 9.17) is 9.47 Å². The maximum absolute atomic E-state index is 6.28. The number of fused-ring (bicyclic) bond motifs is 2. The molecule has 1 spiro atoms. The van der Waals surface area contributed by atoms with Crippen LogP contribution in [0, 0.1) is 11.8 Å². The topological polar surface area (TPSA) is 18.5 Å². The van der Waals surface area contributed by atoms with Gasteiger partial charge in [-0.1, -0.05) is 43.5 Å². The van der Waals surface area contributed by atoms with Crippen LogP contribution < -0.4 is 0 Å². The van der Waals surface area contributed by atoms with Gasteiger partial charge in [-0.2, -0.15) is 0 Å². The molecular formula is C18H22O2. The van der Waals surface area contributed by atoms with Crippen molar-refractivity contribution in [2.45, 2.75) is 24.5 Å². The molecule has 0 aromatic carbocycles. The Labute approximate surface area is 121 Å². The minimum atomic E-state index is -0.248. The highest BCUT2D eigenvalue weighted by atomic mass is 16.6. The van der Waals surface area contributed by atoms with Crippen molar-refractivity contribution < 1.29 is 9.47 Å². The van der Waals surface area contributed by atoms with Crippen LogP contribution in [0.1, 0.15) is 12.8 Å². The molecule has 3 rings (SSSR count). The highest BCUT2D eigenvalue weighted by molar-refractivity contribution is 5.29. The normalized spacial score (nSPS) is 39.7. The first-order chi connectivity index (χ1) is 9.73. The maximum Gasteiger partial charge on any atom is 0.105 e. The van der Waals surface area contributed by atoms with E-state index in [1.807, 2.05) is 18.2 Å². The summed E-state index contributed by atoms with van der Waals surface area (Å²) in [7, 11) is 0. The van der Waals surface area contributed by atoms with E-state index in [1.165, 1.54) is 11.1 Å². The molecule has 2 aliphatic heterocycles. The Bertz CT molecular complexity index is 500. The molecule has 1 saturated carbocycles. The van der Waals surface area contributed by atoms with Gasteiger partial charge < -0.3 is 9.47 Å². The van der Waals surface area contributed by atoms with E-state index in [9.17, 15) is 0 Å². The van der Waals surface area contributed by atoms with E-state index in [1.54, 1.807) is 0 Å². The second-order valence-corrected chi connectivity index (χ2v) is 5.85.